The molecule has 1 aromatic rings. The van der Waals surface area contributed by atoms with Crippen molar-refractivity contribution >= 4 is 0 Å². The van der Waals surface area contributed by atoms with E-state index in [1.54, 1.807) is 7.11 Å². The van der Waals surface area contributed by atoms with Crippen LogP contribution in [0.3, 0.4) is 0 Å². The normalized spacial score (nSPS) is 25.4. The maximum absolute atomic E-state index is 5.31. The Bertz CT molecular complexity index is 342. The standard InChI is InChI=1S/C14H21NO/c1-3-14(9-4-5-10-15-14)12-7-6-8-13(11-12)16-2/h6-8,11,15H,3-5,9-10H2,1-2H3. The topological polar surface area (TPSA) is 21.3 Å². The van der Waals surface area contributed by atoms with Crippen LogP contribution in [-0.2, 0) is 5.54 Å². The van der Waals surface area contributed by atoms with E-state index >= 15 is 0 Å². The highest BCUT2D eigenvalue weighted by Gasteiger charge is 2.31. The summed E-state index contributed by atoms with van der Waals surface area (Å²) in [4.78, 5) is 0. The highest BCUT2D eigenvalue weighted by molar-refractivity contribution is 5.33. The van der Waals surface area contributed by atoms with Crippen molar-refractivity contribution in [3.05, 3.63) is 29.8 Å². The maximum Gasteiger partial charge on any atom is 0.119 e. The van der Waals surface area contributed by atoms with Crippen molar-refractivity contribution < 1.29 is 4.74 Å². The van der Waals surface area contributed by atoms with E-state index < -0.39 is 0 Å². The molecule has 1 aromatic carbocycles. The summed E-state index contributed by atoms with van der Waals surface area (Å²) in [5, 5.41) is 3.69. The van der Waals surface area contributed by atoms with Crippen LogP contribution in [0, 0.1) is 0 Å². The molecule has 1 saturated heterocycles. The second kappa shape index (κ2) is 4.88. The average molecular weight is 219 g/mol. The summed E-state index contributed by atoms with van der Waals surface area (Å²) in [6, 6.07) is 8.48. The van der Waals surface area contributed by atoms with Crippen molar-refractivity contribution in [1.29, 1.82) is 0 Å². The fraction of sp³-hybridized carbons (Fsp3) is 0.571. The Morgan fingerprint density at radius 1 is 1.38 bits per heavy atom. The second-order valence-electron chi connectivity index (χ2n) is 4.55. The van der Waals surface area contributed by atoms with Crippen molar-refractivity contribution in [2.75, 3.05) is 13.7 Å². The second-order valence-corrected chi connectivity index (χ2v) is 4.55. The molecule has 1 heterocycles. The van der Waals surface area contributed by atoms with Gasteiger partial charge < -0.3 is 10.1 Å². The van der Waals surface area contributed by atoms with Crippen LogP contribution in [0.4, 0.5) is 0 Å². The molecule has 1 unspecified atom stereocenters. The summed E-state index contributed by atoms with van der Waals surface area (Å²) in [5.41, 5.74) is 1.54. The van der Waals surface area contributed by atoms with Gasteiger partial charge in [-0.3, -0.25) is 0 Å². The molecule has 2 nitrogen and oxygen atoms in total. The first-order chi connectivity index (χ1) is 7.80. The molecule has 0 radical (unpaired) electrons. The van der Waals surface area contributed by atoms with Gasteiger partial charge in [-0.2, -0.15) is 0 Å². The molecule has 1 aliphatic heterocycles. The summed E-state index contributed by atoms with van der Waals surface area (Å²) in [5.74, 6) is 0.956. The van der Waals surface area contributed by atoms with Gasteiger partial charge in [0.1, 0.15) is 5.75 Å². The Balaban J connectivity index is 2.31. The molecule has 0 amide bonds. The van der Waals surface area contributed by atoms with Crippen LogP contribution in [0.1, 0.15) is 38.2 Å². The zero-order valence-electron chi connectivity index (χ0n) is 10.3. The van der Waals surface area contributed by atoms with E-state index in [1.165, 1.54) is 24.8 Å². The predicted octanol–water partition coefficient (Wildman–Crippen LogP) is 3.07. The van der Waals surface area contributed by atoms with Crippen molar-refractivity contribution in [3.63, 3.8) is 0 Å². The van der Waals surface area contributed by atoms with Crippen LogP contribution in [-0.4, -0.2) is 13.7 Å². The molecule has 2 rings (SSSR count). The maximum atomic E-state index is 5.31. The highest BCUT2D eigenvalue weighted by atomic mass is 16.5. The molecular weight excluding hydrogens is 198 g/mol. The molecule has 1 aliphatic rings. The van der Waals surface area contributed by atoms with Gasteiger partial charge in [-0.15, -0.1) is 0 Å². The Hall–Kier alpha value is -1.02. The number of benzene rings is 1. The number of piperidine rings is 1. The molecule has 88 valence electrons. The van der Waals surface area contributed by atoms with Gasteiger partial charge in [0.05, 0.1) is 7.11 Å². The Kier molecular flexibility index (Phi) is 3.49. The number of rotatable bonds is 3. The minimum Gasteiger partial charge on any atom is -0.497 e. The lowest BCUT2D eigenvalue weighted by atomic mass is 9.80. The smallest absolute Gasteiger partial charge is 0.119 e. The highest BCUT2D eigenvalue weighted by Crippen LogP contribution is 2.34. The number of methoxy groups -OCH3 is 1. The SMILES string of the molecule is CCC1(c2cccc(OC)c2)CCCCN1. The van der Waals surface area contributed by atoms with Gasteiger partial charge in [-0.25, -0.2) is 0 Å². The van der Waals surface area contributed by atoms with Gasteiger partial charge >= 0.3 is 0 Å². The van der Waals surface area contributed by atoms with Crippen LogP contribution in [0.5, 0.6) is 5.75 Å². The Morgan fingerprint density at radius 2 is 2.25 bits per heavy atom. The van der Waals surface area contributed by atoms with Gasteiger partial charge in [0, 0.05) is 5.54 Å². The van der Waals surface area contributed by atoms with E-state index in [9.17, 15) is 0 Å². The summed E-state index contributed by atoms with van der Waals surface area (Å²) < 4.78 is 5.31. The summed E-state index contributed by atoms with van der Waals surface area (Å²) in [7, 11) is 1.73. The van der Waals surface area contributed by atoms with Crippen molar-refractivity contribution in [2.24, 2.45) is 0 Å². The lowest BCUT2D eigenvalue weighted by Gasteiger charge is -2.38. The number of hydrogen-bond donors (Lipinski definition) is 1. The van der Waals surface area contributed by atoms with E-state index in [2.05, 4.69) is 30.4 Å². The van der Waals surface area contributed by atoms with Gasteiger partial charge in [0.15, 0.2) is 0 Å². The quantitative estimate of drug-likeness (QED) is 0.843. The number of hydrogen-bond acceptors (Lipinski definition) is 2. The number of ether oxygens (including phenoxy) is 1. The minimum atomic E-state index is 0.173. The first-order valence-corrected chi connectivity index (χ1v) is 6.20. The monoisotopic (exact) mass is 219 g/mol. The van der Waals surface area contributed by atoms with E-state index in [4.69, 9.17) is 4.74 Å². The van der Waals surface area contributed by atoms with Gasteiger partial charge in [0.25, 0.3) is 0 Å². The van der Waals surface area contributed by atoms with Crippen LogP contribution < -0.4 is 10.1 Å². The molecule has 0 saturated carbocycles. The molecular formula is C14H21NO. The first kappa shape index (κ1) is 11.5. The van der Waals surface area contributed by atoms with Crippen LogP contribution in [0.25, 0.3) is 0 Å². The van der Waals surface area contributed by atoms with E-state index in [0.29, 0.717) is 0 Å². The third-order valence-electron chi connectivity index (χ3n) is 3.72. The lowest BCUT2D eigenvalue weighted by molar-refractivity contribution is 0.247. The molecule has 1 N–H and O–H groups in total. The molecule has 1 fully saturated rings. The molecule has 0 aromatic heterocycles. The molecule has 0 bridgehead atoms. The summed E-state index contributed by atoms with van der Waals surface area (Å²) >= 11 is 0. The van der Waals surface area contributed by atoms with Crippen molar-refractivity contribution in [3.8, 4) is 5.75 Å². The van der Waals surface area contributed by atoms with Crippen LogP contribution in [0.15, 0.2) is 24.3 Å². The van der Waals surface area contributed by atoms with Crippen LogP contribution in [0.2, 0.25) is 0 Å². The average Bonchev–Trinajstić information content (AvgIpc) is 2.39. The number of nitrogens with one attached hydrogen (secondary N) is 1. The largest absolute Gasteiger partial charge is 0.497 e. The molecule has 0 spiro atoms. The third kappa shape index (κ3) is 2.07. The molecule has 16 heavy (non-hydrogen) atoms. The first-order valence-electron chi connectivity index (χ1n) is 6.20. The molecule has 0 aliphatic carbocycles. The van der Waals surface area contributed by atoms with Gasteiger partial charge in [-0.1, -0.05) is 25.5 Å². The molecule has 1 atom stereocenters. The summed E-state index contributed by atoms with van der Waals surface area (Å²) in [6.07, 6.45) is 4.99. The van der Waals surface area contributed by atoms with Crippen molar-refractivity contribution in [2.45, 2.75) is 38.1 Å². The summed E-state index contributed by atoms with van der Waals surface area (Å²) in [6.45, 7) is 3.39. The van der Waals surface area contributed by atoms with Crippen LogP contribution >= 0.6 is 0 Å². The fourth-order valence-electron chi connectivity index (χ4n) is 2.64. The third-order valence-corrected chi connectivity index (χ3v) is 3.72. The predicted molar refractivity (Wildman–Crippen MR) is 66.8 cm³/mol. The lowest BCUT2D eigenvalue weighted by Crippen LogP contribution is -2.45. The molecule has 2 heteroatoms. The minimum absolute atomic E-state index is 0.173. The van der Waals surface area contributed by atoms with E-state index in [0.717, 1.165) is 18.7 Å². The van der Waals surface area contributed by atoms with Crippen molar-refractivity contribution in [1.82, 2.24) is 5.32 Å². The van der Waals surface area contributed by atoms with Gasteiger partial charge in [-0.05, 0) is 43.5 Å². The van der Waals surface area contributed by atoms with Gasteiger partial charge in [0.2, 0.25) is 0 Å². The Morgan fingerprint density at radius 3 is 2.88 bits per heavy atom. The van der Waals surface area contributed by atoms with E-state index in [1.807, 2.05) is 6.07 Å². The van der Waals surface area contributed by atoms with E-state index in [-0.39, 0.29) is 5.54 Å². The Labute approximate surface area is 98.0 Å². The zero-order valence-corrected chi connectivity index (χ0v) is 10.3. The fourth-order valence-corrected chi connectivity index (χ4v) is 2.64. The zero-order chi connectivity index (χ0) is 11.4.